The van der Waals surface area contributed by atoms with Crippen LogP contribution >= 0.6 is 0 Å². The smallest absolute Gasteiger partial charge is 0.231 e. The average Bonchev–Trinajstić information content (AvgIpc) is 3.30. The maximum absolute atomic E-state index is 12.8. The Morgan fingerprint density at radius 3 is 2.71 bits per heavy atom. The standard InChI is InChI=1S/C22H21NO5/c24-17-6-5-15-21(25)20(11-14-4-7-18-19(10-14)27-13-26-18)28-22(15)16(17)12-23-8-2-1-3-9-23/h4-7,10-11,24H,1-3,8-9,12-13H2. The van der Waals surface area contributed by atoms with Crippen LogP contribution < -0.4 is 14.2 Å². The Morgan fingerprint density at radius 2 is 1.86 bits per heavy atom. The van der Waals surface area contributed by atoms with Crippen LogP contribution in [0.2, 0.25) is 0 Å². The van der Waals surface area contributed by atoms with Crippen molar-refractivity contribution >= 4 is 11.9 Å². The molecule has 3 aliphatic heterocycles. The molecule has 5 rings (SSSR count). The van der Waals surface area contributed by atoms with E-state index in [9.17, 15) is 9.90 Å². The van der Waals surface area contributed by atoms with Crippen LogP contribution in [0.1, 0.15) is 40.7 Å². The lowest BCUT2D eigenvalue weighted by Gasteiger charge is -2.27. The van der Waals surface area contributed by atoms with Gasteiger partial charge in [0, 0.05) is 6.54 Å². The number of aromatic hydroxyl groups is 1. The van der Waals surface area contributed by atoms with Crippen molar-refractivity contribution in [3.8, 4) is 23.0 Å². The summed E-state index contributed by atoms with van der Waals surface area (Å²) in [5.74, 6) is 2.06. The van der Waals surface area contributed by atoms with E-state index in [1.807, 2.05) is 18.2 Å². The molecule has 3 heterocycles. The Morgan fingerprint density at radius 1 is 1.04 bits per heavy atom. The number of piperidine rings is 1. The molecule has 0 amide bonds. The van der Waals surface area contributed by atoms with Gasteiger partial charge in [0.1, 0.15) is 11.5 Å². The Hall–Kier alpha value is -2.99. The van der Waals surface area contributed by atoms with Crippen LogP contribution in [0, 0.1) is 0 Å². The number of phenolic OH excluding ortho intramolecular Hbond substituents is 1. The first kappa shape index (κ1) is 17.1. The molecule has 2 aromatic rings. The van der Waals surface area contributed by atoms with Crippen molar-refractivity contribution < 1.29 is 24.1 Å². The van der Waals surface area contributed by atoms with Crippen LogP contribution in [-0.4, -0.2) is 35.7 Å². The SMILES string of the molecule is O=C1C(=Cc2ccc3c(c2)OCO3)Oc2c1ccc(O)c2CN1CCCCC1. The van der Waals surface area contributed by atoms with Crippen molar-refractivity contribution in [3.63, 3.8) is 0 Å². The van der Waals surface area contributed by atoms with Gasteiger partial charge in [-0.05, 0) is 61.8 Å². The van der Waals surface area contributed by atoms with Crippen molar-refractivity contribution in [1.82, 2.24) is 4.90 Å². The van der Waals surface area contributed by atoms with Crippen molar-refractivity contribution in [3.05, 3.63) is 52.8 Å². The molecule has 144 valence electrons. The van der Waals surface area contributed by atoms with Crippen LogP contribution in [0.25, 0.3) is 6.08 Å². The van der Waals surface area contributed by atoms with Crippen molar-refractivity contribution in [2.45, 2.75) is 25.8 Å². The van der Waals surface area contributed by atoms with Crippen molar-refractivity contribution in [1.29, 1.82) is 0 Å². The Labute approximate surface area is 162 Å². The number of benzene rings is 2. The number of allylic oxidation sites excluding steroid dienone is 1. The quantitative estimate of drug-likeness (QED) is 0.820. The van der Waals surface area contributed by atoms with Gasteiger partial charge in [0.2, 0.25) is 12.6 Å². The molecule has 3 aliphatic rings. The van der Waals surface area contributed by atoms with Crippen molar-refractivity contribution in [2.75, 3.05) is 19.9 Å². The minimum absolute atomic E-state index is 0.168. The van der Waals surface area contributed by atoms with Gasteiger partial charge >= 0.3 is 0 Å². The molecule has 0 saturated carbocycles. The zero-order valence-corrected chi connectivity index (χ0v) is 15.4. The molecule has 0 bridgehead atoms. The van der Waals surface area contributed by atoms with E-state index < -0.39 is 0 Å². The second kappa shape index (κ2) is 6.87. The molecule has 6 heteroatoms. The number of rotatable bonds is 3. The monoisotopic (exact) mass is 379 g/mol. The first-order valence-corrected chi connectivity index (χ1v) is 9.60. The van der Waals surface area contributed by atoms with E-state index in [0.717, 1.165) is 31.5 Å². The van der Waals surface area contributed by atoms with E-state index in [4.69, 9.17) is 14.2 Å². The summed E-state index contributed by atoms with van der Waals surface area (Å²) in [6.07, 6.45) is 5.26. The molecule has 0 unspecified atom stereocenters. The van der Waals surface area contributed by atoms with Gasteiger partial charge in [0.25, 0.3) is 0 Å². The molecule has 0 aromatic heterocycles. The molecule has 1 saturated heterocycles. The normalized spacial score (nSPS) is 19.7. The Kier molecular flexibility index (Phi) is 4.20. The second-order valence-electron chi connectivity index (χ2n) is 7.33. The van der Waals surface area contributed by atoms with E-state index >= 15 is 0 Å². The van der Waals surface area contributed by atoms with Gasteiger partial charge < -0.3 is 19.3 Å². The van der Waals surface area contributed by atoms with Crippen LogP contribution in [0.5, 0.6) is 23.0 Å². The van der Waals surface area contributed by atoms with Gasteiger partial charge in [-0.25, -0.2) is 0 Å². The minimum atomic E-state index is -0.174. The highest BCUT2D eigenvalue weighted by atomic mass is 16.7. The van der Waals surface area contributed by atoms with Crippen molar-refractivity contribution in [2.24, 2.45) is 0 Å². The predicted octanol–water partition coefficient (Wildman–Crippen LogP) is 3.72. The van der Waals surface area contributed by atoms with Crippen LogP contribution in [0.4, 0.5) is 0 Å². The molecule has 0 radical (unpaired) electrons. The van der Waals surface area contributed by atoms with Crippen LogP contribution in [0.3, 0.4) is 0 Å². The highest BCUT2D eigenvalue weighted by molar-refractivity contribution is 6.15. The molecule has 0 aliphatic carbocycles. The summed E-state index contributed by atoms with van der Waals surface area (Å²) < 4.78 is 16.7. The molecule has 0 atom stereocenters. The number of carbonyl (C=O) groups is 1. The topological polar surface area (TPSA) is 68.2 Å². The van der Waals surface area contributed by atoms with Gasteiger partial charge in [-0.1, -0.05) is 12.5 Å². The summed E-state index contributed by atoms with van der Waals surface area (Å²) in [5, 5.41) is 10.4. The second-order valence-corrected chi connectivity index (χ2v) is 7.33. The molecule has 0 spiro atoms. The summed E-state index contributed by atoms with van der Waals surface area (Å²) in [6, 6.07) is 8.71. The van der Waals surface area contributed by atoms with E-state index in [2.05, 4.69) is 4.90 Å². The van der Waals surface area contributed by atoms with Gasteiger partial charge in [0.15, 0.2) is 17.3 Å². The molecule has 1 N–H and O–H groups in total. The minimum Gasteiger partial charge on any atom is -0.507 e. The third-order valence-corrected chi connectivity index (χ3v) is 5.44. The first-order valence-electron chi connectivity index (χ1n) is 9.60. The maximum atomic E-state index is 12.8. The third-order valence-electron chi connectivity index (χ3n) is 5.44. The number of hydrogen-bond donors (Lipinski definition) is 1. The molecule has 2 aromatic carbocycles. The van der Waals surface area contributed by atoms with Gasteiger partial charge in [-0.15, -0.1) is 0 Å². The number of likely N-dealkylation sites (tertiary alicyclic amines) is 1. The number of ketones is 1. The molecule has 1 fully saturated rings. The van der Waals surface area contributed by atoms with E-state index in [1.165, 1.54) is 6.42 Å². The van der Waals surface area contributed by atoms with E-state index in [0.29, 0.717) is 34.9 Å². The summed E-state index contributed by atoms with van der Waals surface area (Å²) in [7, 11) is 0. The Bertz CT molecular complexity index is 975. The largest absolute Gasteiger partial charge is 0.507 e. The predicted molar refractivity (Wildman–Crippen MR) is 103 cm³/mol. The van der Waals surface area contributed by atoms with Crippen LogP contribution in [0.15, 0.2) is 36.1 Å². The summed E-state index contributed by atoms with van der Waals surface area (Å²) in [6.45, 7) is 2.78. The fourth-order valence-corrected chi connectivity index (χ4v) is 3.95. The lowest BCUT2D eigenvalue weighted by atomic mass is 10.0. The van der Waals surface area contributed by atoms with E-state index in [-0.39, 0.29) is 24.1 Å². The summed E-state index contributed by atoms with van der Waals surface area (Å²) in [5.41, 5.74) is 1.97. The fourth-order valence-electron chi connectivity index (χ4n) is 3.95. The number of Topliss-reactive ketones (excluding diaryl/α,β-unsaturated/α-hetero) is 1. The Balaban J connectivity index is 1.45. The number of carbonyl (C=O) groups excluding carboxylic acids is 1. The first-order chi connectivity index (χ1) is 13.7. The number of fused-ring (bicyclic) bond motifs is 2. The number of phenols is 1. The fraction of sp³-hybridized carbons (Fsp3) is 0.318. The summed E-state index contributed by atoms with van der Waals surface area (Å²) >= 11 is 0. The lowest BCUT2D eigenvalue weighted by Crippen LogP contribution is -2.29. The number of nitrogens with zero attached hydrogens (tertiary/aromatic N) is 1. The maximum Gasteiger partial charge on any atom is 0.231 e. The van der Waals surface area contributed by atoms with E-state index in [1.54, 1.807) is 18.2 Å². The van der Waals surface area contributed by atoms with Gasteiger partial charge in [-0.3, -0.25) is 9.69 Å². The molecule has 28 heavy (non-hydrogen) atoms. The highest BCUT2D eigenvalue weighted by Gasteiger charge is 2.32. The van der Waals surface area contributed by atoms with Gasteiger partial charge in [-0.2, -0.15) is 0 Å². The third kappa shape index (κ3) is 2.99. The zero-order valence-electron chi connectivity index (χ0n) is 15.4. The highest BCUT2D eigenvalue weighted by Crippen LogP contribution is 2.41. The molecular weight excluding hydrogens is 358 g/mol. The number of hydrogen-bond acceptors (Lipinski definition) is 6. The molecule has 6 nitrogen and oxygen atoms in total. The zero-order chi connectivity index (χ0) is 19.1. The van der Waals surface area contributed by atoms with Crippen LogP contribution in [-0.2, 0) is 6.54 Å². The lowest BCUT2D eigenvalue weighted by molar-refractivity contribution is 0.101. The summed E-state index contributed by atoms with van der Waals surface area (Å²) in [4.78, 5) is 15.1. The van der Waals surface area contributed by atoms with Gasteiger partial charge in [0.05, 0.1) is 11.1 Å². The average molecular weight is 379 g/mol. The molecular formula is C22H21NO5. The number of ether oxygens (including phenoxy) is 3.